The van der Waals surface area contributed by atoms with E-state index in [2.05, 4.69) is 0 Å². The summed E-state index contributed by atoms with van der Waals surface area (Å²) in [5.41, 5.74) is 0. The highest BCUT2D eigenvalue weighted by Gasteiger charge is 2.41. The molecule has 15 heavy (non-hydrogen) atoms. The van der Waals surface area contributed by atoms with E-state index in [0.29, 0.717) is 26.2 Å². The number of rotatable bonds is 2. The highest BCUT2D eigenvalue weighted by atomic mass is 16.7. The van der Waals surface area contributed by atoms with Crippen molar-refractivity contribution >= 4 is 5.91 Å². The molecule has 0 saturated carbocycles. The fraction of sp³-hybridized carbons (Fsp3) is 0.909. The zero-order valence-corrected chi connectivity index (χ0v) is 9.33. The number of piperidine rings is 1. The normalized spacial score (nSPS) is 24.7. The summed E-state index contributed by atoms with van der Waals surface area (Å²) in [6.45, 7) is 4.82. The maximum atomic E-state index is 11.8. The first-order chi connectivity index (χ1) is 7.26. The molecule has 2 aliphatic rings. The summed E-state index contributed by atoms with van der Waals surface area (Å²) in [4.78, 5) is 13.6. The summed E-state index contributed by atoms with van der Waals surface area (Å²) in [5, 5.41) is 0. The van der Waals surface area contributed by atoms with Crippen LogP contribution in [0.15, 0.2) is 0 Å². The number of ether oxygens (including phenoxy) is 2. The van der Waals surface area contributed by atoms with Crippen molar-refractivity contribution in [3.05, 3.63) is 0 Å². The third-order valence-electron chi connectivity index (χ3n) is 3.05. The second kappa shape index (κ2) is 4.49. The van der Waals surface area contributed by atoms with Crippen LogP contribution in [0.1, 0.15) is 32.6 Å². The van der Waals surface area contributed by atoms with Gasteiger partial charge in [-0.2, -0.15) is 0 Å². The van der Waals surface area contributed by atoms with Gasteiger partial charge in [0.25, 0.3) is 0 Å². The Morgan fingerprint density at radius 3 is 2.80 bits per heavy atom. The van der Waals surface area contributed by atoms with Crippen molar-refractivity contribution in [3.8, 4) is 0 Å². The van der Waals surface area contributed by atoms with Gasteiger partial charge in [0.1, 0.15) is 0 Å². The Bertz CT molecular complexity index is 236. The molecule has 1 amide bonds. The van der Waals surface area contributed by atoms with Gasteiger partial charge in [0.05, 0.1) is 19.8 Å². The van der Waals surface area contributed by atoms with Gasteiger partial charge in [-0.05, 0) is 12.8 Å². The van der Waals surface area contributed by atoms with Gasteiger partial charge in [0.2, 0.25) is 5.91 Å². The molecule has 2 saturated heterocycles. The van der Waals surface area contributed by atoms with Crippen molar-refractivity contribution in [1.29, 1.82) is 0 Å². The first-order valence-corrected chi connectivity index (χ1v) is 5.81. The van der Waals surface area contributed by atoms with Crippen molar-refractivity contribution in [1.82, 2.24) is 4.90 Å². The van der Waals surface area contributed by atoms with Crippen molar-refractivity contribution in [2.45, 2.75) is 38.4 Å². The summed E-state index contributed by atoms with van der Waals surface area (Å²) in [7, 11) is 0. The van der Waals surface area contributed by atoms with Crippen LogP contribution >= 0.6 is 0 Å². The Morgan fingerprint density at radius 2 is 2.13 bits per heavy atom. The molecule has 2 heterocycles. The Balaban J connectivity index is 1.94. The smallest absolute Gasteiger partial charge is 0.222 e. The molecule has 1 spiro atoms. The molecule has 86 valence electrons. The predicted molar refractivity (Wildman–Crippen MR) is 55.4 cm³/mol. The zero-order valence-electron chi connectivity index (χ0n) is 9.33. The molecule has 2 aliphatic heterocycles. The Hall–Kier alpha value is -0.610. The third kappa shape index (κ3) is 2.32. The molecular weight excluding hydrogens is 194 g/mol. The maximum Gasteiger partial charge on any atom is 0.222 e. The lowest BCUT2D eigenvalue weighted by atomic mass is 10.0. The number of carbonyl (C=O) groups excluding carboxylic acids is 1. The average Bonchev–Trinajstić information content (AvgIpc) is 2.67. The first kappa shape index (κ1) is 10.9. The molecule has 0 aromatic heterocycles. The van der Waals surface area contributed by atoms with Gasteiger partial charge in [-0.3, -0.25) is 4.79 Å². The second-order valence-electron chi connectivity index (χ2n) is 4.28. The van der Waals surface area contributed by atoms with E-state index in [1.54, 1.807) is 0 Å². The Kier molecular flexibility index (Phi) is 3.26. The maximum absolute atomic E-state index is 11.8. The number of hydrogen-bond donors (Lipinski definition) is 0. The van der Waals surface area contributed by atoms with Crippen LogP contribution < -0.4 is 0 Å². The SMILES string of the molecule is CCCC(=O)N1CCCC2(C1)OCCO2. The third-order valence-corrected chi connectivity index (χ3v) is 3.05. The number of amides is 1. The van der Waals surface area contributed by atoms with Gasteiger partial charge in [-0.15, -0.1) is 0 Å². The average molecular weight is 213 g/mol. The fourth-order valence-electron chi connectivity index (χ4n) is 2.31. The Labute approximate surface area is 90.5 Å². The number of carbonyl (C=O) groups is 1. The molecule has 0 aromatic carbocycles. The Morgan fingerprint density at radius 1 is 1.40 bits per heavy atom. The molecule has 4 heteroatoms. The summed E-state index contributed by atoms with van der Waals surface area (Å²) in [6.07, 6.45) is 3.44. The van der Waals surface area contributed by atoms with Crippen molar-refractivity contribution in [3.63, 3.8) is 0 Å². The van der Waals surface area contributed by atoms with E-state index in [9.17, 15) is 4.79 Å². The van der Waals surface area contributed by atoms with Gasteiger partial charge >= 0.3 is 0 Å². The van der Waals surface area contributed by atoms with Crippen LogP contribution in [0.25, 0.3) is 0 Å². The van der Waals surface area contributed by atoms with E-state index in [4.69, 9.17) is 9.47 Å². The largest absolute Gasteiger partial charge is 0.346 e. The minimum absolute atomic E-state index is 0.232. The number of nitrogens with zero attached hydrogens (tertiary/aromatic N) is 1. The summed E-state index contributed by atoms with van der Waals surface area (Å²) in [6, 6.07) is 0. The monoisotopic (exact) mass is 213 g/mol. The molecule has 4 nitrogen and oxygen atoms in total. The highest BCUT2D eigenvalue weighted by molar-refractivity contribution is 5.76. The number of hydrogen-bond acceptors (Lipinski definition) is 3. The van der Waals surface area contributed by atoms with Gasteiger partial charge in [-0.1, -0.05) is 6.92 Å². The standard InChI is InChI=1S/C11H19NO3/c1-2-4-10(13)12-6-3-5-11(9-12)14-7-8-15-11/h2-9H2,1H3. The van der Waals surface area contributed by atoms with Crippen LogP contribution in [0.3, 0.4) is 0 Å². The molecule has 0 atom stereocenters. The van der Waals surface area contributed by atoms with Crippen LogP contribution in [-0.4, -0.2) is 42.9 Å². The summed E-state index contributed by atoms with van der Waals surface area (Å²) < 4.78 is 11.2. The summed E-state index contributed by atoms with van der Waals surface area (Å²) >= 11 is 0. The van der Waals surface area contributed by atoms with E-state index in [0.717, 1.165) is 25.8 Å². The van der Waals surface area contributed by atoms with Crippen molar-refractivity contribution in [2.24, 2.45) is 0 Å². The molecule has 2 rings (SSSR count). The lowest BCUT2D eigenvalue weighted by Gasteiger charge is -2.38. The predicted octanol–water partition coefficient (Wildman–Crippen LogP) is 1.15. The van der Waals surface area contributed by atoms with Crippen LogP contribution in [0.2, 0.25) is 0 Å². The fourth-order valence-corrected chi connectivity index (χ4v) is 2.31. The van der Waals surface area contributed by atoms with E-state index >= 15 is 0 Å². The molecule has 0 bridgehead atoms. The highest BCUT2D eigenvalue weighted by Crippen LogP contribution is 2.30. The molecule has 0 N–H and O–H groups in total. The molecule has 0 aromatic rings. The quantitative estimate of drug-likeness (QED) is 0.690. The molecular formula is C11H19NO3. The van der Waals surface area contributed by atoms with Gasteiger partial charge in [0, 0.05) is 19.4 Å². The molecule has 0 aliphatic carbocycles. The van der Waals surface area contributed by atoms with E-state index < -0.39 is 5.79 Å². The summed E-state index contributed by atoms with van der Waals surface area (Å²) in [5.74, 6) is -0.238. The lowest BCUT2D eigenvalue weighted by Crippen LogP contribution is -2.50. The van der Waals surface area contributed by atoms with Crippen LogP contribution in [-0.2, 0) is 14.3 Å². The second-order valence-corrected chi connectivity index (χ2v) is 4.28. The first-order valence-electron chi connectivity index (χ1n) is 5.81. The van der Waals surface area contributed by atoms with E-state index in [-0.39, 0.29) is 5.91 Å². The van der Waals surface area contributed by atoms with E-state index in [1.165, 1.54) is 0 Å². The van der Waals surface area contributed by atoms with E-state index in [1.807, 2.05) is 11.8 Å². The van der Waals surface area contributed by atoms with Crippen molar-refractivity contribution < 1.29 is 14.3 Å². The topological polar surface area (TPSA) is 38.8 Å². The van der Waals surface area contributed by atoms with Gasteiger partial charge in [0.15, 0.2) is 5.79 Å². The van der Waals surface area contributed by atoms with Crippen LogP contribution in [0.5, 0.6) is 0 Å². The van der Waals surface area contributed by atoms with Crippen LogP contribution in [0, 0.1) is 0 Å². The minimum Gasteiger partial charge on any atom is -0.346 e. The zero-order chi connectivity index (χ0) is 10.7. The molecule has 0 radical (unpaired) electrons. The van der Waals surface area contributed by atoms with Crippen molar-refractivity contribution in [2.75, 3.05) is 26.3 Å². The molecule has 2 fully saturated rings. The minimum atomic E-state index is -0.471. The van der Waals surface area contributed by atoms with Gasteiger partial charge in [-0.25, -0.2) is 0 Å². The van der Waals surface area contributed by atoms with Crippen LogP contribution in [0.4, 0.5) is 0 Å². The molecule has 0 unspecified atom stereocenters. The van der Waals surface area contributed by atoms with Gasteiger partial charge < -0.3 is 14.4 Å². The number of likely N-dealkylation sites (tertiary alicyclic amines) is 1. The lowest BCUT2D eigenvalue weighted by molar-refractivity contribution is -0.193.